The summed E-state index contributed by atoms with van der Waals surface area (Å²) in [7, 11) is -4.67. The Balaban J connectivity index is 1.86. The van der Waals surface area contributed by atoms with E-state index in [1.165, 1.54) is 6.07 Å². The van der Waals surface area contributed by atoms with E-state index >= 15 is 0 Å². The summed E-state index contributed by atoms with van der Waals surface area (Å²) in [6, 6.07) is 8.93. The first kappa shape index (κ1) is 25.1. The largest absolute Gasteiger partial charge is 0.471 e. The zero-order valence-electron chi connectivity index (χ0n) is 18.5. The summed E-state index contributed by atoms with van der Waals surface area (Å²) < 4.78 is 73.9. The Morgan fingerprint density at radius 1 is 1.06 bits per heavy atom. The van der Waals surface area contributed by atoms with E-state index in [0.29, 0.717) is 30.0 Å². The highest BCUT2D eigenvalue weighted by Crippen LogP contribution is 2.40. The average Bonchev–Trinajstić information content (AvgIpc) is 2.79. The molecule has 2 amide bonds. The zero-order chi connectivity index (χ0) is 25.5. The molecule has 3 N–H and O–H groups in total. The smallest absolute Gasteiger partial charge is 0.370 e. The molecule has 0 aromatic heterocycles. The second kappa shape index (κ2) is 9.25. The lowest BCUT2D eigenvalue weighted by Crippen LogP contribution is -2.55. The molecular weight excluding hydrogens is 487 g/mol. The van der Waals surface area contributed by atoms with E-state index in [4.69, 9.17) is 5.73 Å². The number of benzene rings is 2. The minimum Gasteiger partial charge on any atom is -0.370 e. The van der Waals surface area contributed by atoms with Gasteiger partial charge in [-0.05, 0) is 47.2 Å². The molecule has 0 saturated heterocycles. The van der Waals surface area contributed by atoms with Crippen LogP contribution in [-0.2, 0) is 39.1 Å². The number of carbonyl (C=O) groups is 2. The van der Waals surface area contributed by atoms with Gasteiger partial charge in [0.05, 0.1) is 10.9 Å². The maximum atomic E-state index is 13.6. The van der Waals surface area contributed by atoms with Gasteiger partial charge in [-0.1, -0.05) is 30.3 Å². The number of alkyl halides is 3. The lowest BCUT2D eigenvalue weighted by Gasteiger charge is -2.46. The van der Waals surface area contributed by atoms with Crippen molar-refractivity contribution in [2.45, 2.75) is 49.0 Å². The molecule has 2 aliphatic rings. The third-order valence-corrected chi connectivity index (χ3v) is 7.45. The predicted molar refractivity (Wildman–Crippen MR) is 119 cm³/mol. The first-order valence-electron chi connectivity index (χ1n) is 10.9. The van der Waals surface area contributed by atoms with Gasteiger partial charge in [-0.25, -0.2) is 0 Å². The normalized spacial score (nSPS) is 19.5. The van der Waals surface area contributed by atoms with Gasteiger partial charge < -0.3 is 10.6 Å². The van der Waals surface area contributed by atoms with E-state index in [1.54, 1.807) is 0 Å². The Hall–Kier alpha value is -2.96. The third-order valence-electron chi connectivity index (χ3n) is 6.60. The predicted octanol–water partition coefficient (Wildman–Crippen LogP) is 2.22. The Morgan fingerprint density at radius 3 is 2.34 bits per heavy atom. The Kier molecular flexibility index (Phi) is 6.64. The molecule has 2 heterocycles. The average molecular weight is 512 g/mol. The number of halogens is 3. The molecule has 2 aliphatic heterocycles. The van der Waals surface area contributed by atoms with Gasteiger partial charge in [0, 0.05) is 32.1 Å². The van der Waals surface area contributed by atoms with Gasteiger partial charge >= 0.3 is 12.1 Å². The summed E-state index contributed by atoms with van der Waals surface area (Å²) in [6.07, 6.45) is -4.92. The van der Waals surface area contributed by atoms with Crippen molar-refractivity contribution in [3.8, 4) is 0 Å². The van der Waals surface area contributed by atoms with Gasteiger partial charge in [0.25, 0.3) is 10.1 Å². The molecular formula is C23H24F3N3O5S. The summed E-state index contributed by atoms with van der Waals surface area (Å²) in [5.74, 6) is -2.86. The molecule has 12 heteroatoms. The van der Waals surface area contributed by atoms with Crippen LogP contribution in [0.3, 0.4) is 0 Å². The molecule has 4 rings (SSSR count). The molecule has 0 spiro atoms. The van der Waals surface area contributed by atoms with E-state index in [1.807, 2.05) is 29.2 Å². The maximum absolute atomic E-state index is 13.6. The van der Waals surface area contributed by atoms with Crippen LogP contribution in [0.25, 0.3) is 0 Å². The van der Waals surface area contributed by atoms with Crippen LogP contribution in [0.15, 0.2) is 47.4 Å². The van der Waals surface area contributed by atoms with E-state index in [9.17, 15) is 35.7 Å². The van der Waals surface area contributed by atoms with Crippen LogP contribution in [0.5, 0.6) is 0 Å². The zero-order valence-corrected chi connectivity index (χ0v) is 19.3. The number of nitrogens with two attached hydrogens (primary N) is 1. The van der Waals surface area contributed by atoms with Gasteiger partial charge in [0.1, 0.15) is 0 Å². The number of hydrogen-bond acceptors (Lipinski definition) is 5. The number of primary amides is 1. The molecule has 2 atom stereocenters. The molecule has 35 heavy (non-hydrogen) atoms. The fraction of sp³-hybridized carbons (Fsp3) is 0.391. The van der Waals surface area contributed by atoms with Crippen molar-refractivity contribution in [3.63, 3.8) is 0 Å². The van der Waals surface area contributed by atoms with Crippen molar-refractivity contribution in [3.05, 3.63) is 64.7 Å². The van der Waals surface area contributed by atoms with E-state index < -0.39 is 45.1 Å². The summed E-state index contributed by atoms with van der Waals surface area (Å²) in [4.78, 5) is 26.5. The van der Waals surface area contributed by atoms with Crippen molar-refractivity contribution in [1.82, 2.24) is 9.80 Å². The van der Waals surface area contributed by atoms with E-state index in [2.05, 4.69) is 0 Å². The first-order valence-corrected chi connectivity index (χ1v) is 12.4. The molecule has 188 valence electrons. The highest BCUT2D eigenvalue weighted by molar-refractivity contribution is 7.85. The van der Waals surface area contributed by atoms with Crippen LogP contribution in [0.2, 0.25) is 0 Å². The van der Waals surface area contributed by atoms with Gasteiger partial charge in [-0.3, -0.25) is 19.0 Å². The van der Waals surface area contributed by atoms with Gasteiger partial charge in [0.15, 0.2) is 0 Å². The van der Waals surface area contributed by atoms with Crippen LogP contribution in [0, 0.1) is 0 Å². The lowest BCUT2D eigenvalue weighted by molar-refractivity contribution is -0.190. The summed E-state index contributed by atoms with van der Waals surface area (Å²) in [5.41, 5.74) is 8.17. The number of amides is 2. The van der Waals surface area contributed by atoms with Crippen molar-refractivity contribution < 1.29 is 35.7 Å². The number of fused-ring (bicyclic) bond motifs is 2. The van der Waals surface area contributed by atoms with Gasteiger partial charge in [-0.2, -0.15) is 21.6 Å². The highest BCUT2D eigenvalue weighted by atomic mass is 32.2. The van der Waals surface area contributed by atoms with Crippen LogP contribution >= 0.6 is 0 Å². The summed E-state index contributed by atoms with van der Waals surface area (Å²) >= 11 is 0. The fourth-order valence-electron chi connectivity index (χ4n) is 5.04. The molecule has 0 radical (unpaired) electrons. The second-order valence-electron chi connectivity index (χ2n) is 8.75. The minimum absolute atomic E-state index is 0.0472. The number of rotatable bonds is 5. The number of hydrogen-bond donors (Lipinski definition) is 2. The van der Waals surface area contributed by atoms with Crippen LogP contribution in [0.1, 0.15) is 34.7 Å². The van der Waals surface area contributed by atoms with Crippen LogP contribution < -0.4 is 5.73 Å². The van der Waals surface area contributed by atoms with Crippen molar-refractivity contribution in [1.29, 1.82) is 0 Å². The summed E-state index contributed by atoms with van der Waals surface area (Å²) in [5, 5.41) is 0. The van der Waals surface area contributed by atoms with Crippen LogP contribution in [0.4, 0.5) is 13.2 Å². The molecule has 2 aromatic carbocycles. The second-order valence-corrected chi connectivity index (χ2v) is 10.2. The Morgan fingerprint density at radius 2 is 1.71 bits per heavy atom. The molecule has 2 unspecified atom stereocenters. The quantitative estimate of drug-likeness (QED) is 0.594. The molecule has 0 bridgehead atoms. The van der Waals surface area contributed by atoms with Crippen molar-refractivity contribution in [2.75, 3.05) is 13.1 Å². The molecule has 0 fully saturated rings. The third kappa shape index (κ3) is 5.19. The summed E-state index contributed by atoms with van der Waals surface area (Å²) in [6.45, 7) is 0.430. The first-order chi connectivity index (χ1) is 16.4. The van der Waals surface area contributed by atoms with Gasteiger partial charge in [0.2, 0.25) is 5.91 Å². The maximum Gasteiger partial charge on any atom is 0.471 e. The molecule has 8 nitrogen and oxygen atoms in total. The topological polar surface area (TPSA) is 121 Å². The Labute approximate surface area is 200 Å². The van der Waals surface area contributed by atoms with E-state index in [0.717, 1.165) is 23.3 Å². The highest BCUT2D eigenvalue weighted by Gasteiger charge is 2.49. The number of nitrogens with zero attached hydrogens (tertiary/aromatic N) is 2. The SMILES string of the molecule is NC(=O)CC(C1c2cc(S(=O)(=O)O)ccc2CCN1C(=O)C(F)(F)F)N1CCc2ccccc2C1. The minimum atomic E-state index is -5.18. The standard InChI is InChI=1S/C23H24F3N3O5S/c24-23(25,26)22(31)29-10-8-15-5-6-17(35(32,33)34)11-18(15)21(29)19(12-20(27)30)28-9-7-14-3-1-2-4-16(14)13-28/h1-6,11,19,21H,7-10,12-13H2,(H2,27,30)(H,32,33,34). The van der Waals surface area contributed by atoms with Crippen molar-refractivity contribution >= 4 is 21.9 Å². The fourth-order valence-corrected chi connectivity index (χ4v) is 5.55. The molecule has 2 aromatic rings. The number of carbonyl (C=O) groups excluding carboxylic acids is 2. The van der Waals surface area contributed by atoms with Gasteiger partial charge in [-0.15, -0.1) is 0 Å². The molecule has 0 aliphatic carbocycles. The van der Waals surface area contributed by atoms with Crippen LogP contribution in [-0.4, -0.2) is 59.9 Å². The van der Waals surface area contributed by atoms with Crippen molar-refractivity contribution in [2.24, 2.45) is 5.73 Å². The van der Waals surface area contributed by atoms with E-state index in [-0.39, 0.29) is 24.9 Å². The molecule has 0 saturated carbocycles. The monoisotopic (exact) mass is 511 g/mol. The Bertz CT molecular complexity index is 1270. The lowest BCUT2D eigenvalue weighted by atomic mass is 9.84.